The molecule has 0 bridgehead atoms. The first kappa shape index (κ1) is 25.1. The van der Waals surface area contributed by atoms with E-state index < -0.39 is 0 Å². The summed E-state index contributed by atoms with van der Waals surface area (Å²) in [4.78, 5) is 2.32. The molecule has 0 radical (unpaired) electrons. The van der Waals surface area contributed by atoms with E-state index in [2.05, 4.69) is 161 Å². The van der Waals surface area contributed by atoms with Gasteiger partial charge < -0.3 is 4.90 Å². The van der Waals surface area contributed by atoms with Crippen LogP contribution in [0.3, 0.4) is 0 Å². The Labute approximate surface area is 232 Å². The quantitative estimate of drug-likeness (QED) is 0.196. The number of hydrogen-bond acceptors (Lipinski definition) is 1. The van der Waals surface area contributed by atoms with Gasteiger partial charge in [0.1, 0.15) is 7.05 Å². The Morgan fingerprint density at radius 3 is 2.03 bits per heavy atom. The smallest absolute Gasteiger partial charge is 0.210 e. The highest BCUT2D eigenvalue weighted by Crippen LogP contribution is 2.52. The van der Waals surface area contributed by atoms with Gasteiger partial charge in [-0.25, -0.2) is 0 Å². The van der Waals surface area contributed by atoms with E-state index in [0.717, 1.165) is 5.70 Å². The molecule has 39 heavy (non-hydrogen) atoms. The van der Waals surface area contributed by atoms with Gasteiger partial charge in [0, 0.05) is 34.5 Å². The fraction of sp³-hybridized carbons (Fsp3) is 0.216. The molecule has 2 aliphatic rings. The Morgan fingerprint density at radius 2 is 1.36 bits per heavy atom. The van der Waals surface area contributed by atoms with E-state index in [1.807, 2.05) is 0 Å². The minimum atomic E-state index is -0.145. The zero-order valence-corrected chi connectivity index (χ0v) is 23.9. The van der Waals surface area contributed by atoms with Crippen molar-refractivity contribution < 1.29 is 4.58 Å². The zero-order chi connectivity index (χ0) is 27.5. The minimum Gasteiger partial charge on any atom is -0.318 e. The maximum atomic E-state index is 4.33. The standard InChI is InChI=1S/C37H37N2/c1-25(2)39-31-24-22-27-16-12-14-18-29(27)35(31)37(5,6)33(39)20-10-8-9-19-32-36(3,4)34-28-17-13-11-15-26(28)21-23-30(34)38(32)7/h8-24H,1H2,2-7H3/q+1. The lowest BCUT2D eigenvalue weighted by Gasteiger charge is -2.27. The van der Waals surface area contributed by atoms with Crippen LogP contribution in [0.15, 0.2) is 121 Å². The minimum absolute atomic E-state index is 0.0827. The molecule has 0 unspecified atom stereocenters. The molecular weight excluding hydrogens is 472 g/mol. The molecule has 2 nitrogen and oxygen atoms in total. The van der Waals surface area contributed by atoms with Gasteiger partial charge in [-0.2, -0.15) is 4.58 Å². The van der Waals surface area contributed by atoms with Crippen LogP contribution in [-0.2, 0) is 10.8 Å². The van der Waals surface area contributed by atoms with Crippen molar-refractivity contribution in [2.45, 2.75) is 45.4 Å². The molecule has 0 aromatic heterocycles. The van der Waals surface area contributed by atoms with Gasteiger partial charge in [0.05, 0.1) is 11.1 Å². The van der Waals surface area contributed by atoms with Crippen LogP contribution in [0.1, 0.15) is 45.7 Å². The molecule has 4 aromatic carbocycles. The molecule has 2 heteroatoms. The summed E-state index contributed by atoms with van der Waals surface area (Å²) in [7, 11) is 2.18. The van der Waals surface area contributed by atoms with Crippen molar-refractivity contribution in [2.24, 2.45) is 0 Å². The lowest BCUT2D eigenvalue weighted by atomic mass is 9.79. The van der Waals surface area contributed by atoms with Crippen molar-refractivity contribution >= 4 is 38.6 Å². The summed E-state index contributed by atoms with van der Waals surface area (Å²) in [6.45, 7) is 15.7. The maximum Gasteiger partial charge on any atom is 0.210 e. The number of hydrogen-bond donors (Lipinski definition) is 0. The van der Waals surface area contributed by atoms with Crippen LogP contribution in [0.5, 0.6) is 0 Å². The summed E-state index contributed by atoms with van der Waals surface area (Å²) in [5, 5.41) is 5.23. The molecule has 0 atom stereocenters. The van der Waals surface area contributed by atoms with E-state index in [1.165, 1.54) is 55.5 Å². The van der Waals surface area contributed by atoms with E-state index in [-0.39, 0.29) is 10.8 Å². The van der Waals surface area contributed by atoms with Crippen molar-refractivity contribution in [1.29, 1.82) is 0 Å². The number of rotatable bonds is 4. The van der Waals surface area contributed by atoms with Crippen molar-refractivity contribution in [1.82, 2.24) is 0 Å². The molecule has 0 fully saturated rings. The van der Waals surface area contributed by atoms with Crippen molar-refractivity contribution in [2.75, 3.05) is 11.9 Å². The van der Waals surface area contributed by atoms with Gasteiger partial charge in [-0.3, -0.25) is 0 Å². The number of benzene rings is 4. The monoisotopic (exact) mass is 509 g/mol. The highest BCUT2D eigenvalue weighted by atomic mass is 15.2. The van der Waals surface area contributed by atoms with Gasteiger partial charge in [-0.15, -0.1) is 0 Å². The SMILES string of the molecule is C=C(C)N1C(=CC=CC=CC2=[N+](C)c3ccc4ccccc4c3C2(C)C)C(C)(C)c2c1ccc1ccccc21. The molecule has 4 aromatic rings. The Balaban J connectivity index is 1.34. The highest BCUT2D eigenvalue weighted by Gasteiger charge is 2.44. The molecule has 0 amide bonds. The van der Waals surface area contributed by atoms with Gasteiger partial charge in [0.15, 0.2) is 5.71 Å². The number of fused-ring (bicyclic) bond motifs is 6. The lowest BCUT2D eigenvalue weighted by molar-refractivity contribution is -0.401. The summed E-state index contributed by atoms with van der Waals surface area (Å²) < 4.78 is 2.34. The first-order valence-electron chi connectivity index (χ1n) is 13.8. The molecule has 0 N–H and O–H groups in total. The average Bonchev–Trinajstić information content (AvgIpc) is 3.27. The summed E-state index contributed by atoms with van der Waals surface area (Å²) in [6, 6.07) is 26.4. The van der Waals surface area contributed by atoms with Crippen molar-refractivity contribution in [3.8, 4) is 0 Å². The van der Waals surface area contributed by atoms with Crippen molar-refractivity contribution in [3.63, 3.8) is 0 Å². The Kier molecular flexibility index (Phi) is 5.77. The second-order valence-electron chi connectivity index (χ2n) is 11.9. The van der Waals surface area contributed by atoms with Crippen LogP contribution in [0.25, 0.3) is 21.5 Å². The molecule has 0 saturated heterocycles. The van der Waals surface area contributed by atoms with Crippen LogP contribution in [0.4, 0.5) is 11.4 Å². The summed E-state index contributed by atoms with van der Waals surface area (Å²) in [6.07, 6.45) is 11.0. The first-order valence-corrected chi connectivity index (χ1v) is 13.8. The van der Waals surface area contributed by atoms with Gasteiger partial charge in [0.2, 0.25) is 5.69 Å². The lowest BCUT2D eigenvalue weighted by Crippen LogP contribution is -2.26. The fourth-order valence-corrected chi connectivity index (χ4v) is 6.89. The normalized spacial score (nSPS) is 18.7. The average molecular weight is 510 g/mol. The third kappa shape index (κ3) is 3.73. The number of anilines is 1. The predicted molar refractivity (Wildman–Crippen MR) is 168 cm³/mol. The van der Waals surface area contributed by atoms with E-state index in [0.29, 0.717) is 0 Å². The molecule has 194 valence electrons. The maximum absolute atomic E-state index is 4.33. The van der Waals surface area contributed by atoms with Crippen LogP contribution in [0, 0.1) is 0 Å². The fourth-order valence-electron chi connectivity index (χ4n) is 6.89. The number of allylic oxidation sites excluding steroid dienone is 7. The van der Waals surface area contributed by atoms with E-state index >= 15 is 0 Å². The molecular formula is C37H37N2+. The van der Waals surface area contributed by atoms with Crippen LogP contribution in [-0.4, -0.2) is 17.3 Å². The zero-order valence-electron chi connectivity index (χ0n) is 23.9. The molecule has 2 aliphatic heterocycles. The number of nitrogens with zero attached hydrogens (tertiary/aromatic N) is 2. The van der Waals surface area contributed by atoms with E-state index in [4.69, 9.17) is 0 Å². The van der Waals surface area contributed by atoms with Crippen LogP contribution >= 0.6 is 0 Å². The van der Waals surface area contributed by atoms with Gasteiger partial charge >= 0.3 is 0 Å². The molecule has 2 heterocycles. The van der Waals surface area contributed by atoms with E-state index in [1.54, 1.807) is 0 Å². The Hall–Kier alpha value is -4.17. The van der Waals surface area contributed by atoms with Gasteiger partial charge in [-0.1, -0.05) is 93.3 Å². The molecule has 0 spiro atoms. The summed E-state index contributed by atoms with van der Waals surface area (Å²) >= 11 is 0. The third-order valence-corrected chi connectivity index (χ3v) is 8.66. The molecule has 0 saturated carbocycles. The van der Waals surface area contributed by atoms with Crippen LogP contribution in [0.2, 0.25) is 0 Å². The largest absolute Gasteiger partial charge is 0.318 e. The second kappa shape index (κ2) is 8.95. The Bertz CT molecular complexity index is 1790. The second-order valence-corrected chi connectivity index (χ2v) is 11.9. The summed E-state index contributed by atoms with van der Waals surface area (Å²) in [5.74, 6) is 0. The van der Waals surface area contributed by atoms with Gasteiger partial charge in [0.25, 0.3) is 0 Å². The first-order chi connectivity index (χ1) is 18.6. The van der Waals surface area contributed by atoms with Crippen molar-refractivity contribution in [3.05, 3.63) is 132 Å². The highest BCUT2D eigenvalue weighted by molar-refractivity contribution is 6.07. The summed E-state index contributed by atoms with van der Waals surface area (Å²) in [5.41, 5.74) is 8.65. The third-order valence-electron chi connectivity index (χ3n) is 8.66. The topological polar surface area (TPSA) is 6.25 Å². The molecule has 0 aliphatic carbocycles. The molecule has 6 rings (SSSR count). The van der Waals surface area contributed by atoms with Crippen LogP contribution < -0.4 is 4.90 Å². The predicted octanol–water partition coefficient (Wildman–Crippen LogP) is 9.33. The van der Waals surface area contributed by atoms with E-state index in [9.17, 15) is 0 Å². The van der Waals surface area contributed by atoms with Gasteiger partial charge in [-0.05, 0) is 66.1 Å². The Morgan fingerprint density at radius 1 is 0.744 bits per heavy atom.